The number of carboxylic acids is 2. The summed E-state index contributed by atoms with van der Waals surface area (Å²) in [4.78, 5) is 47.5. The van der Waals surface area contributed by atoms with Gasteiger partial charge in [-0.1, -0.05) is 23.2 Å². The van der Waals surface area contributed by atoms with Gasteiger partial charge in [-0.2, -0.15) is 0 Å². The van der Waals surface area contributed by atoms with Gasteiger partial charge in [-0.25, -0.2) is 0 Å². The minimum atomic E-state index is -1.21. The Kier molecular flexibility index (Phi) is 9.80. The average Bonchev–Trinajstić information content (AvgIpc) is 2.75. The molecule has 2 rings (SSSR count). The van der Waals surface area contributed by atoms with E-state index in [1.54, 1.807) is 24.3 Å². The molecule has 0 bridgehead atoms. The van der Waals surface area contributed by atoms with Gasteiger partial charge in [-0.05, 0) is 48.5 Å². The van der Waals surface area contributed by atoms with Crippen molar-refractivity contribution in [3.63, 3.8) is 0 Å². The molecule has 0 spiro atoms. The highest BCUT2D eigenvalue weighted by molar-refractivity contribution is 6.31. The number of benzene rings is 2. The molecule has 2 aromatic carbocycles. The van der Waals surface area contributed by atoms with E-state index >= 15 is 0 Å². The van der Waals surface area contributed by atoms with Gasteiger partial charge in [0.2, 0.25) is 0 Å². The van der Waals surface area contributed by atoms with Crippen LogP contribution in [0.15, 0.2) is 48.5 Å². The number of hydrogen-bond donors (Lipinski definition) is 4. The second-order valence-corrected chi connectivity index (χ2v) is 7.83. The van der Waals surface area contributed by atoms with E-state index in [9.17, 15) is 29.4 Å². The molecule has 0 fully saturated rings. The van der Waals surface area contributed by atoms with Crippen LogP contribution < -0.4 is 10.6 Å². The third-order valence-electron chi connectivity index (χ3n) is 4.61. The molecular formula is C22H22Cl2N2O6. The van der Waals surface area contributed by atoms with Gasteiger partial charge in [0.05, 0.1) is 0 Å². The van der Waals surface area contributed by atoms with Crippen molar-refractivity contribution in [2.24, 2.45) is 0 Å². The topological polar surface area (TPSA) is 133 Å². The summed E-state index contributed by atoms with van der Waals surface area (Å²) in [6.07, 6.45) is -0.567. The second kappa shape index (κ2) is 12.3. The number of halogens is 2. The fraction of sp³-hybridized carbons (Fsp3) is 0.273. The number of ketones is 2. The number of carboxylic acid groups (broad SMARTS) is 2. The van der Waals surface area contributed by atoms with Gasteiger partial charge in [0.1, 0.15) is 12.1 Å². The van der Waals surface area contributed by atoms with Crippen molar-refractivity contribution in [1.29, 1.82) is 0 Å². The van der Waals surface area contributed by atoms with Crippen LogP contribution in [0.2, 0.25) is 10.0 Å². The quantitative estimate of drug-likeness (QED) is 0.254. The van der Waals surface area contributed by atoms with Crippen LogP contribution in [0.4, 0.5) is 0 Å². The molecule has 0 saturated heterocycles. The van der Waals surface area contributed by atoms with Gasteiger partial charge in [-0.3, -0.25) is 19.2 Å². The molecule has 8 nitrogen and oxygen atoms in total. The lowest BCUT2D eigenvalue weighted by Crippen LogP contribution is -2.45. The van der Waals surface area contributed by atoms with Crippen molar-refractivity contribution in [2.45, 2.75) is 24.9 Å². The van der Waals surface area contributed by atoms with Crippen molar-refractivity contribution < 1.29 is 29.4 Å². The fourth-order valence-corrected chi connectivity index (χ4v) is 3.12. The zero-order chi connectivity index (χ0) is 23.7. The number of rotatable bonds is 13. The molecule has 0 unspecified atom stereocenters. The van der Waals surface area contributed by atoms with Crippen molar-refractivity contribution in [3.05, 3.63) is 69.7 Å². The lowest BCUT2D eigenvalue weighted by Gasteiger charge is -2.17. The van der Waals surface area contributed by atoms with E-state index in [0.717, 1.165) is 0 Å². The van der Waals surface area contributed by atoms with Gasteiger partial charge in [0.15, 0.2) is 11.6 Å². The predicted octanol–water partition coefficient (Wildman–Crippen LogP) is 2.92. The third kappa shape index (κ3) is 8.05. The first-order valence-corrected chi connectivity index (χ1v) is 10.4. The van der Waals surface area contributed by atoms with Crippen LogP contribution >= 0.6 is 23.2 Å². The summed E-state index contributed by atoms with van der Waals surface area (Å²) in [6.45, 7) is 0.146. The molecule has 0 aromatic heterocycles. The molecule has 0 amide bonds. The highest BCUT2D eigenvalue weighted by atomic mass is 35.5. The minimum Gasteiger partial charge on any atom is -0.480 e. The molecule has 2 atom stereocenters. The first-order valence-electron chi connectivity index (χ1n) is 9.67. The normalized spacial score (nSPS) is 12.7. The Morgan fingerprint density at radius 1 is 0.656 bits per heavy atom. The zero-order valence-corrected chi connectivity index (χ0v) is 18.4. The Balaban J connectivity index is 1.85. The van der Waals surface area contributed by atoms with E-state index in [1.807, 2.05) is 0 Å². The molecule has 2 aromatic rings. The van der Waals surface area contributed by atoms with E-state index in [-0.39, 0.29) is 37.5 Å². The standard InChI is InChI=1S/C22H22Cl2N2O6/c23-15-5-1-13(2-6-15)19(27)11-17(21(29)30)25-9-10-26-18(22(31)32)12-20(28)14-3-7-16(24)8-4-14/h1-8,17-18,25-26H,9-12H2,(H,29,30)(H,31,32)/t17-,18-/m0/s1. The summed E-state index contributed by atoms with van der Waals surface area (Å²) < 4.78 is 0. The van der Waals surface area contributed by atoms with Crippen molar-refractivity contribution >= 4 is 46.7 Å². The van der Waals surface area contributed by atoms with Crippen LogP contribution in [0.1, 0.15) is 33.6 Å². The number of hydrogen-bond acceptors (Lipinski definition) is 6. The lowest BCUT2D eigenvalue weighted by atomic mass is 10.0. The highest BCUT2D eigenvalue weighted by Crippen LogP contribution is 2.13. The molecule has 0 aliphatic rings. The van der Waals surface area contributed by atoms with Gasteiger partial charge in [-0.15, -0.1) is 0 Å². The third-order valence-corrected chi connectivity index (χ3v) is 5.12. The molecule has 10 heteroatoms. The first-order chi connectivity index (χ1) is 15.2. The van der Waals surface area contributed by atoms with Crippen LogP contribution in [0.25, 0.3) is 0 Å². The Hall–Kier alpha value is -2.78. The van der Waals surface area contributed by atoms with Crippen LogP contribution in [-0.4, -0.2) is 58.9 Å². The zero-order valence-electron chi connectivity index (χ0n) is 16.9. The Bertz CT molecular complexity index is 884. The number of carbonyl (C=O) groups excluding carboxylic acids is 2. The summed E-state index contributed by atoms with van der Waals surface area (Å²) >= 11 is 11.6. The number of nitrogens with one attached hydrogen (secondary N) is 2. The molecule has 0 radical (unpaired) electrons. The van der Waals surface area contributed by atoms with Gasteiger partial charge in [0.25, 0.3) is 0 Å². The van der Waals surface area contributed by atoms with Gasteiger partial charge in [0, 0.05) is 47.1 Å². The van der Waals surface area contributed by atoms with Crippen LogP contribution in [0, 0.1) is 0 Å². The summed E-state index contributed by atoms with van der Waals surface area (Å²) in [6, 6.07) is 9.91. The maximum Gasteiger partial charge on any atom is 0.321 e. The Morgan fingerprint density at radius 2 is 0.969 bits per heavy atom. The molecule has 170 valence electrons. The molecule has 0 saturated carbocycles. The van der Waals surface area contributed by atoms with Crippen molar-refractivity contribution in [2.75, 3.05) is 13.1 Å². The van der Waals surface area contributed by atoms with Gasteiger partial charge < -0.3 is 20.8 Å². The number of carbonyl (C=O) groups is 4. The largest absolute Gasteiger partial charge is 0.480 e. The van der Waals surface area contributed by atoms with E-state index in [2.05, 4.69) is 10.6 Å². The summed E-state index contributed by atoms with van der Waals surface area (Å²) in [5.74, 6) is -3.15. The van der Waals surface area contributed by atoms with Gasteiger partial charge >= 0.3 is 11.9 Å². The molecular weight excluding hydrogens is 459 g/mol. The van der Waals surface area contributed by atoms with E-state index in [0.29, 0.717) is 21.2 Å². The Morgan fingerprint density at radius 3 is 1.25 bits per heavy atom. The molecule has 32 heavy (non-hydrogen) atoms. The van der Waals surface area contributed by atoms with E-state index < -0.39 is 24.0 Å². The summed E-state index contributed by atoms with van der Waals surface area (Å²) in [5, 5.41) is 25.1. The molecule has 0 heterocycles. The first kappa shape index (κ1) is 25.5. The van der Waals surface area contributed by atoms with E-state index in [1.165, 1.54) is 24.3 Å². The molecule has 0 aliphatic carbocycles. The molecule has 0 aliphatic heterocycles. The van der Waals surface area contributed by atoms with E-state index in [4.69, 9.17) is 23.2 Å². The minimum absolute atomic E-state index is 0.0732. The number of aliphatic carboxylic acids is 2. The average molecular weight is 481 g/mol. The maximum absolute atomic E-state index is 12.3. The van der Waals surface area contributed by atoms with Crippen LogP contribution in [-0.2, 0) is 9.59 Å². The monoisotopic (exact) mass is 480 g/mol. The predicted molar refractivity (Wildman–Crippen MR) is 120 cm³/mol. The maximum atomic E-state index is 12.3. The summed E-state index contributed by atoms with van der Waals surface area (Å²) in [5.41, 5.74) is 0.680. The SMILES string of the molecule is O=C(C[C@H](NCCN[C@@H](CC(=O)c1ccc(Cl)cc1)C(=O)O)C(=O)O)c1ccc(Cl)cc1. The summed E-state index contributed by atoms with van der Waals surface area (Å²) in [7, 11) is 0. The lowest BCUT2D eigenvalue weighted by molar-refractivity contribution is -0.140. The Labute approximate surface area is 194 Å². The van der Waals surface area contributed by atoms with Crippen molar-refractivity contribution in [1.82, 2.24) is 10.6 Å². The fourth-order valence-electron chi connectivity index (χ4n) is 2.86. The number of Topliss-reactive ketones (excluding diaryl/α,β-unsaturated/α-hetero) is 2. The smallest absolute Gasteiger partial charge is 0.321 e. The van der Waals surface area contributed by atoms with Crippen LogP contribution in [0.3, 0.4) is 0 Å². The second-order valence-electron chi connectivity index (χ2n) is 6.96. The van der Waals surface area contributed by atoms with Crippen LogP contribution in [0.5, 0.6) is 0 Å². The highest BCUT2D eigenvalue weighted by Gasteiger charge is 2.23. The molecule has 4 N–H and O–H groups in total. The van der Waals surface area contributed by atoms with Crippen molar-refractivity contribution in [3.8, 4) is 0 Å².